The van der Waals surface area contributed by atoms with Gasteiger partial charge in [0.25, 0.3) is 0 Å². The summed E-state index contributed by atoms with van der Waals surface area (Å²) in [6.45, 7) is 4.14. The molecule has 5 heteroatoms. The number of benzene rings is 1. The Morgan fingerprint density at radius 1 is 1.33 bits per heavy atom. The van der Waals surface area contributed by atoms with Gasteiger partial charge in [-0.05, 0) is 38.5 Å². The molecule has 1 aromatic carbocycles. The Morgan fingerprint density at radius 3 is 2.86 bits per heavy atom. The number of amides is 2. The summed E-state index contributed by atoms with van der Waals surface area (Å²) < 4.78 is 5.54. The highest BCUT2D eigenvalue weighted by atomic mass is 16.3. The van der Waals surface area contributed by atoms with E-state index in [0.717, 1.165) is 22.2 Å². The molecule has 1 unspecified atom stereocenters. The molecule has 2 heterocycles. The summed E-state index contributed by atoms with van der Waals surface area (Å²) in [4.78, 5) is 23.3. The molecule has 0 bridgehead atoms. The van der Waals surface area contributed by atoms with Crippen LogP contribution < -0.4 is 10.6 Å². The van der Waals surface area contributed by atoms with Gasteiger partial charge in [-0.15, -0.1) is 0 Å². The summed E-state index contributed by atoms with van der Waals surface area (Å²) in [5.74, 6) is -0.763. The smallest absolute Gasteiger partial charge is 0.234 e. The van der Waals surface area contributed by atoms with Crippen LogP contribution in [0.4, 0.5) is 5.69 Å². The standard InChI is InChI=1S/C16H18N2O3/c1-9(2)17-10-3-5-14-12(7-10)13(8-21-14)11-4-6-15(19)18-16(11)20/h3,5,7-9,11,17H,4,6H2,1-2H3,(H,18,19,20). The zero-order valence-electron chi connectivity index (χ0n) is 12.1. The van der Waals surface area contributed by atoms with E-state index in [2.05, 4.69) is 24.5 Å². The molecule has 0 spiro atoms. The molecule has 3 rings (SSSR count). The Kier molecular flexibility index (Phi) is 3.41. The Labute approximate surface area is 122 Å². The number of piperidine rings is 1. The van der Waals surface area contributed by atoms with Gasteiger partial charge in [0.2, 0.25) is 11.8 Å². The lowest BCUT2D eigenvalue weighted by Crippen LogP contribution is -2.39. The zero-order valence-corrected chi connectivity index (χ0v) is 12.1. The van der Waals surface area contributed by atoms with Crippen LogP contribution in [0.3, 0.4) is 0 Å². The van der Waals surface area contributed by atoms with E-state index in [1.54, 1.807) is 6.26 Å². The van der Waals surface area contributed by atoms with Crippen LogP contribution >= 0.6 is 0 Å². The predicted octanol–water partition coefficient (Wildman–Crippen LogP) is 2.77. The molecule has 0 radical (unpaired) electrons. The second-order valence-electron chi connectivity index (χ2n) is 5.70. The fourth-order valence-corrected chi connectivity index (χ4v) is 2.73. The first-order valence-corrected chi connectivity index (χ1v) is 7.16. The Balaban J connectivity index is 1.98. The monoisotopic (exact) mass is 286 g/mol. The number of carbonyl (C=O) groups excluding carboxylic acids is 2. The van der Waals surface area contributed by atoms with Crippen molar-refractivity contribution >= 4 is 28.5 Å². The molecule has 2 N–H and O–H groups in total. The maximum Gasteiger partial charge on any atom is 0.234 e. The molecule has 2 aromatic rings. The molecule has 1 fully saturated rings. The number of anilines is 1. The first kappa shape index (κ1) is 13.7. The predicted molar refractivity (Wildman–Crippen MR) is 80.1 cm³/mol. The van der Waals surface area contributed by atoms with Gasteiger partial charge in [-0.1, -0.05) is 0 Å². The topological polar surface area (TPSA) is 71.3 Å². The number of carbonyl (C=O) groups is 2. The third-order valence-electron chi connectivity index (χ3n) is 3.67. The minimum absolute atomic E-state index is 0.203. The third kappa shape index (κ3) is 2.63. The number of hydrogen-bond acceptors (Lipinski definition) is 4. The first-order valence-electron chi connectivity index (χ1n) is 7.16. The van der Waals surface area contributed by atoms with Gasteiger partial charge in [0, 0.05) is 29.1 Å². The average Bonchev–Trinajstić information content (AvgIpc) is 2.81. The number of fused-ring (bicyclic) bond motifs is 1. The van der Waals surface area contributed by atoms with Gasteiger partial charge in [-0.2, -0.15) is 0 Å². The summed E-state index contributed by atoms with van der Waals surface area (Å²) in [6.07, 6.45) is 2.53. The van der Waals surface area contributed by atoms with Crippen LogP contribution in [0.15, 0.2) is 28.9 Å². The molecular weight excluding hydrogens is 268 g/mol. The molecule has 110 valence electrons. The maximum atomic E-state index is 12.0. The molecule has 5 nitrogen and oxygen atoms in total. The molecule has 0 saturated carbocycles. The summed E-state index contributed by atoms with van der Waals surface area (Å²) in [5.41, 5.74) is 2.60. The van der Waals surface area contributed by atoms with Crippen molar-refractivity contribution in [1.82, 2.24) is 5.32 Å². The largest absolute Gasteiger partial charge is 0.464 e. The minimum atomic E-state index is -0.321. The van der Waals surface area contributed by atoms with E-state index >= 15 is 0 Å². The van der Waals surface area contributed by atoms with Crippen molar-refractivity contribution in [2.45, 2.75) is 38.6 Å². The number of rotatable bonds is 3. The lowest BCUT2D eigenvalue weighted by Gasteiger charge is -2.20. The van der Waals surface area contributed by atoms with Crippen molar-refractivity contribution in [2.75, 3.05) is 5.32 Å². The molecule has 1 aromatic heterocycles. The molecule has 1 saturated heterocycles. The normalized spacial score (nSPS) is 19.1. The van der Waals surface area contributed by atoms with Gasteiger partial charge in [0.15, 0.2) is 0 Å². The third-order valence-corrected chi connectivity index (χ3v) is 3.67. The molecule has 21 heavy (non-hydrogen) atoms. The summed E-state index contributed by atoms with van der Waals surface area (Å²) in [6, 6.07) is 6.18. The molecule has 1 aliphatic heterocycles. The molecular formula is C16H18N2O3. The van der Waals surface area contributed by atoms with Crippen molar-refractivity contribution in [1.29, 1.82) is 0 Å². The van der Waals surface area contributed by atoms with Gasteiger partial charge in [0.05, 0.1) is 12.2 Å². The van der Waals surface area contributed by atoms with Gasteiger partial charge >= 0.3 is 0 Å². The Hall–Kier alpha value is -2.30. The Morgan fingerprint density at radius 2 is 2.14 bits per heavy atom. The number of hydrogen-bond donors (Lipinski definition) is 2. The van der Waals surface area contributed by atoms with E-state index in [4.69, 9.17) is 4.42 Å². The highest BCUT2D eigenvalue weighted by Crippen LogP contribution is 2.33. The fourth-order valence-electron chi connectivity index (χ4n) is 2.73. The van der Waals surface area contributed by atoms with E-state index in [-0.39, 0.29) is 17.7 Å². The van der Waals surface area contributed by atoms with E-state index in [1.165, 1.54) is 0 Å². The number of furan rings is 1. The highest BCUT2D eigenvalue weighted by molar-refractivity contribution is 6.02. The van der Waals surface area contributed by atoms with Gasteiger partial charge < -0.3 is 9.73 Å². The van der Waals surface area contributed by atoms with E-state index < -0.39 is 0 Å². The van der Waals surface area contributed by atoms with Crippen LogP contribution in [0.1, 0.15) is 38.2 Å². The van der Waals surface area contributed by atoms with Crippen molar-refractivity contribution in [3.63, 3.8) is 0 Å². The van der Waals surface area contributed by atoms with Crippen molar-refractivity contribution in [3.05, 3.63) is 30.0 Å². The van der Waals surface area contributed by atoms with Crippen molar-refractivity contribution < 1.29 is 14.0 Å². The molecule has 1 atom stereocenters. The molecule has 1 aliphatic rings. The number of imide groups is 1. The second-order valence-corrected chi connectivity index (χ2v) is 5.70. The lowest BCUT2D eigenvalue weighted by molar-refractivity contribution is -0.134. The summed E-state index contributed by atoms with van der Waals surface area (Å²) in [7, 11) is 0. The van der Waals surface area contributed by atoms with Gasteiger partial charge in [0.1, 0.15) is 5.58 Å². The fraction of sp³-hybridized carbons (Fsp3) is 0.375. The van der Waals surface area contributed by atoms with E-state index in [9.17, 15) is 9.59 Å². The van der Waals surface area contributed by atoms with Gasteiger partial charge in [-0.3, -0.25) is 14.9 Å². The SMILES string of the molecule is CC(C)Nc1ccc2occ(C3CCC(=O)NC3=O)c2c1. The maximum absolute atomic E-state index is 12.0. The zero-order chi connectivity index (χ0) is 15.0. The Bertz CT molecular complexity index is 703. The average molecular weight is 286 g/mol. The highest BCUT2D eigenvalue weighted by Gasteiger charge is 2.30. The second kappa shape index (κ2) is 5.24. The minimum Gasteiger partial charge on any atom is -0.464 e. The van der Waals surface area contributed by atoms with E-state index in [1.807, 2.05) is 18.2 Å². The van der Waals surface area contributed by atoms with Crippen molar-refractivity contribution in [2.24, 2.45) is 0 Å². The summed E-state index contributed by atoms with van der Waals surface area (Å²) in [5, 5.41) is 6.66. The van der Waals surface area contributed by atoms with Crippen LogP contribution in [0.2, 0.25) is 0 Å². The van der Waals surface area contributed by atoms with Gasteiger partial charge in [-0.25, -0.2) is 0 Å². The van der Waals surface area contributed by atoms with Crippen LogP contribution in [0.25, 0.3) is 11.0 Å². The summed E-state index contributed by atoms with van der Waals surface area (Å²) >= 11 is 0. The first-order chi connectivity index (χ1) is 10.0. The number of nitrogens with one attached hydrogen (secondary N) is 2. The van der Waals surface area contributed by atoms with Crippen LogP contribution in [-0.4, -0.2) is 17.9 Å². The van der Waals surface area contributed by atoms with Crippen molar-refractivity contribution in [3.8, 4) is 0 Å². The van der Waals surface area contributed by atoms with Crippen LogP contribution in [-0.2, 0) is 9.59 Å². The lowest BCUT2D eigenvalue weighted by atomic mass is 9.90. The molecule has 0 aliphatic carbocycles. The molecule has 2 amide bonds. The quantitative estimate of drug-likeness (QED) is 0.851. The van der Waals surface area contributed by atoms with Crippen LogP contribution in [0, 0.1) is 0 Å². The van der Waals surface area contributed by atoms with E-state index in [0.29, 0.717) is 18.9 Å². The van der Waals surface area contributed by atoms with Crippen LogP contribution in [0.5, 0.6) is 0 Å².